The Morgan fingerprint density at radius 3 is 2.33 bits per heavy atom. The van der Waals surface area contributed by atoms with Crippen LogP contribution in [0.3, 0.4) is 0 Å². The lowest BCUT2D eigenvalue weighted by atomic mass is 9.98. The lowest BCUT2D eigenvalue weighted by Crippen LogP contribution is -2.08. The molecule has 0 amide bonds. The molecule has 1 radical (unpaired) electrons. The second-order valence-electron chi connectivity index (χ2n) is 7.75. The van der Waals surface area contributed by atoms with Gasteiger partial charge in [-0.15, -0.1) is 0 Å². The summed E-state index contributed by atoms with van der Waals surface area (Å²) in [7, 11) is 0. The minimum atomic E-state index is 0.404. The molecule has 0 atom stereocenters. The molecule has 0 spiro atoms. The van der Waals surface area contributed by atoms with Gasteiger partial charge in [0.2, 0.25) is 0 Å². The van der Waals surface area contributed by atoms with Crippen LogP contribution in [0.15, 0.2) is 78.0 Å². The van der Waals surface area contributed by atoms with E-state index in [-0.39, 0.29) is 0 Å². The molecule has 0 aliphatic rings. The topological polar surface area (TPSA) is 30.8 Å². The van der Waals surface area contributed by atoms with Crippen LogP contribution < -0.4 is 4.74 Å². The zero-order chi connectivity index (χ0) is 21.2. The highest BCUT2D eigenvalue weighted by Crippen LogP contribution is 2.21. The second kappa shape index (κ2) is 11.2. The van der Waals surface area contributed by atoms with Crippen molar-refractivity contribution in [2.24, 2.45) is 11.1 Å². The molecule has 0 N–H and O–H groups in total. The van der Waals surface area contributed by atoms with Gasteiger partial charge in [0.1, 0.15) is 12.4 Å². The first kappa shape index (κ1) is 21.6. The van der Waals surface area contributed by atoms with Crippen molar-refractivity contribution in [1.82, 2.24) is 0 Å². The Balaban J connectivity index is 1.62. The molecule has 3 nitrogen and oxygen atoms in total. The molecule has 3 aromatic rings. The van der Waals surface area contributed by atoms with Gasteiger partial charge in [0.05, 0.1) is 5.71 Å². The minimum Gasteiger partial charge on any atom is -0.490 e. The molecule has 0 aliphatic heterocycles. The van der Waals surface area contributed by atoms with Crippen LogP contribution in [0, 0.1) is 18.9 Å². The molecule has 3 rings (SSSR count). The number of aryl methyl sites for hydroxylation is 1. The van der Waals surface area contributed by atoms with Crippen LogP contribution in [-0.4, -0.2) is 18.9 Å². The smallest absolute Gasteiger partial charge is 0.151 e. The monoisotopic (exact) mass is 400 g/mol. The van der Waals surface area contributed by atoms with Crippen molar-refractivity contribution in [3.63, 3.8) is 0 Å². The molecule has 0 heterocycles. The summed E-state index contributed by atoms with van der Waals surface area (Å²) in [6.45, 7) is 7.29. The number of rotatable bonds is 10. The van der Waals surface area contributed by atoms with E-state index in [9.17, 15) is 0 Å². The van der Waals surface area contributed by atoms with Gasteiger partial charge in [-0.3, -0.25) is 0 Å². The summed E-state index contributed by atoms with van der Waals surface area (Å²) in [6, 6.07) is 27.8. The van der Waals surface area contributed by atoms with Gasteiger partial charge in [-0.2, -0.15) is 0 Å². The van der Waals surface area contributed by atoms with Gasteiger partial charge >= 0.3 is 0 Å². The van der Waals surface area contributed by atoms with Gasteiger partial charge in [-0.25, -0.2) is 0 Å². The number of hydrogen-bond donors (Lipinski definition) is 0. The Hall–Kier alpha value is -3.07. The van der Waals surface area contributed by atoms with E-state index in [2.05, 4.69) is 73.6 Å². The third-order valence-electron chi connectivity index (χ3n) is 4.90. The summed E-state index contributed by atoms with van der Waals surface area (Å²) in [6.07, 6.45) is 1.95. The van der Waals surface area contributed by atoms with Crippen molar-refractivity contribution in [2.75, 3.05) is 13.2 Å². The molecule has 0 saturated heterocycles. The average Bonchev–Trinajstić information content (AvgIpc) is 2.77. The molecular weight excluding hydrogens is 370 g/mol. The number of nitrogens with zero attached hydrogens (tertiary/aromatic N) is 1. The van der Waals surface area contributed by atoms with Gasteiger partial charge < -0.3 is 9.57 Å². The van der Waals surface area contributed by atoms with Gasteiger partial charge in [0, 0.05) is 0 Å². The predicted molar refractivity (Wildman–Crippen MR) is 124 cm³/mol. The average molecular weight is 401 g/mol. The zero-order valence-corrected chi connectivity index (χ0v) is 18.1. The number of oxime groups is 1. The zero-order valence-electron chi connectivity index (χ0n) is 18.1. The molecule has 155 valence electrons. The molecule has 0 unspecified atom stereocenters. The van der Waals surface area contributed by atoms with E-state index >= 15 is 0 Å². The number of benzene rings is 3. The summed E-state index contributed by atoms with van der Waals surface area (Å²) in [5, 5.41) is 4.45. The highest BCUT2D eigenvalue weighted by Gasteiger charge is 2.08. The first-order chi connectivity index (χ1) is 14.6. The standard InChI is InChI=1S/C27H30NO2/c1-21(2)13-18-26(28-30-20-19-29-27-12-8-7-9-22(27)3)25-16-14-24(15-17-25)23-10-5-4-6-11-23/h4-8,10-12,14-17,21H,13,18-20H2,1-3H3/b28-26+. The Labute approximate surface area is 180 Å². The largest absolute Gasteiger partial charge is 0.490 e. The van der Waals surface area contributed by atoms with Crippen LogP contribution in [0.5, 0.6) is 5.75 Å². The fourth-order valence-electron chi connectivity index (χ4n) is 3.13. The molecule has 0 aromatic heterocycles. The predicted octanol–water partition coefficient (Wildman–Crippen LogP) is 6.70. The van der Waals surface area contributed by atoms with Crippen LogP contribution >= 0.6 is 0 Å². The van der Waals surface area contributed by atoms with E-state index in [0.717, 1.165) is 35.4 Å². The maximum Gasteiger partial charge on any atom is 0.151 e. The Bertz CT molecular complexity index is 931. The maximum absolute atomic E-state index is 5.76. The Kier molecular flexibility index (Phi) is 8.08. The van der Waals surface area contributed by atoms with E-state index in [1.54, 1.807) is 0 Å². The molecule has 30 heavy (non-hydrogen) atoms. The van der Waals surface area contributed by atoms with Gasteiger partial charge in [0.15, 0.2) is 6.61 Å². The van der Waals surface area contributed by atoms with Gasteiger partial charge in [-0.1, -0.05) is 85.7 Å². The maximum atomic E-state index is 5.76. The van der Waals surface area contributed by atoms with Crippen molar-refractivity contribution in [3.05, 3.63) is 90.0 Å². The summed E-state index contributed by atoms with van der Waals surface area (Å²) in [5.74, 6) is 1.45. The molecule has 3 aromatic carbocycles. The SMILES string of the molecule is Cc1[c]cccc1OCCO/N=C(\CCC(C)C)c1ccc(-c2ccccc2)cc1. The number of hydrogen-bond acceptors (Lipinski definition) is 3. The Morgan fingerprint density at radius 1 is 0.900 bits per heavy atom. The minimum absolute atomic E-state index is 0.404. The summed E-state index contributed by atoms with van der Waals surface area (Å²) in [5.41, 5.74) is 5.49. The second-order valence-corrected chi connectivity index (χ2v) is 7.75. The van der Waals surface area contributed by atoms with Crippen molar-refractivity contribution < 1.29 is 9.57 Å². The van der Waals surface area contributed by atoms with Crippen LogP contribution in [0.25, 0.3) is 11.1 Å². The van der Waals surface area contributed by atoms with Crippen molar-refractivity contribution >= 4 is 5.71 Å². The van der Waals surface area contributed by atoms with Crippen LogP contribution in [0.1, 0.15) is 37.8 Å². The van der Waals surface area contributed by atoms with Gasteiger partial charge in [-0.05, 0) is 60.1 Å². The van der Waals surface area contributed by atoms with E-state index in [0.29, 0.717) is 19.1 Å². The van der Waals surface area contributed by atoms with Crippen molar-refractivity contribution in [1.29, 1.82) is 0 Å². The van der Waals surface area contributed by atoms with Crippen LogP contribution in [0.4, 0.5) is 0 Å². The summed E-state index contributed by atoms with van der Waals surface area (Å²) in [4.78, 5) is 5.61. The first-order valence-electron chi connectivity index (χ1n) is 10.6. The molecule has 0 aliphatic carbocycles. The summed E-state index contributed by atoms with van der Waals surface area (Å²) >= 11 is 0. The lowest BCUT2D eigenvalue weighted by molar-refractivity contribution is 0.106. The lowest BCUT2D eigenvalue weighted by Gasteiger charge is -2.11. The van der Waals surface area contributed by atoms with Crippen molar-refractivity contribution in [2.45, 2.75) is 33.6 Å². The van der Waals surface area contributed by atoms with Crippen LogP contribution in [0.2, 0.25) is 0 Å². The van der Waals surface area contributed by atoms with E-state index < -0.39 is 0 Å². The summed E-state index contributed by atoms with van der Waals surface area (Å²) < 4.78 is 5.76. The molecule has 3 heteroatoms. The van der Waals surface area contributed by atoms with Gasteiger partial charge in [0.25, 0.3) is 0 Å². The first-order valence-corrected chi connectivity index (χ1v) is 10.6. The molecule has 0 fully saturated rings. The quantitative estimate of drug-likeness (QED) is 0.215. The van der Waals surface area contributed by atoms with E-state index in [1.165, 1.54) is 11.1 Å². The Morgan fingerprint density at radius 2 is 1.63 bits per heavy atom. The highest BCUT2D eigenvalue weighted by molar-refractivity contribution is 6.00. The number of ether oxygens (including phenoxy) is 1. The molecule has 0 saturated carbocycles. The van der Waals surface area contributed by atoms with E-state index in [1.807, 2.05) is 31.2 Å². The fourth-order valence-corrected chi connectivity index (χ4v) is 3.13. The third kappa shape index (κ3) is 6.48. The van der Waals surface area contributed by atoms with Crippen molar-refractivity contribution in [3.8, 4) is 16.9 Å². The third-order valence-corrected chi connectivity index (χ3v) is 4.90. The van der Waals surface area contributed by atoms with E-state index in [4.69, 9.17) is 9.57 Å². The highest BCUT2D eigenvalue weighted by atomic mass is 16.6. The normalized spacial score (nSPS) is 11.5. The fraction of sp³-hybridized carbons (Fsp3) is 0.296. The molecular formula is C27H30NO2. The molecule has 0 bridgehead atoms. The van der Waals surface area contributed by atoms with Crippen LogP contribution in [-0.2, 0) is 4.84 Å².